The highest BCUT2D eigenvalue weighted by Crippen LogP contribution is 2.15. The number of carbonyl (C=O) groups is 1. The number of ether oxygens (including phenoxy) is 1. The summed E-state index contributed by atoms with van der Waals surface area (Å²) in [4.78, 5) is 10.9. The lowest BCUT2D eigenvalue weighted by Gasteiger charge is -2.05. The molecule has 1 aromatic carbocycles. The SMILES string of the molecule is CCCCCCCCCc1ccc(OC(=O)CO)cc1. The zero-order valence-electron chi connectivity index (χ0n) is 12.4. The van der Waals surface area contributed by atoms with E-state index in [2.05, 4.69) is 6.92 Å². The summed E-state index contributed by atoms with van der Waals surface area (Å²) >= 11 is 0. The number of aryl methyl sites for hydroxylation is 1. The maximum absolute atomic E-state index is 10.9. The van der Waals surface area contributed by atoms with Crippen LogP contribution in [0.1, 0.15) is 57.4 Å². The fraction of sp³-hybridized carbons (Fsp3) is 0.588. The summed E-state index contributed by atoms with van der Waals surface area (Å²) in [5.74, 6) is -0.128. The third-order valence-corrected chi connectivity index (χ3v) is 3.35. The van der Waals surface area contributed by atoms with E-state index in [1.807, 2.05) is 12.1 Å². The van der Waals surface area contributed by atoms with Crippen molar-refractivity contribution in [3.05, 3.63) is 29.8 Å². The van der Waals surface area contributed by atoms with E-state index in [1.165, 1.54) is 50.5 Å². The fourth-order valence-electron chi connectivity index (χ4n) is 2.17. The van der Waals surface area contributed by atoms with Gasteiger partial charge in [-0.05, 0) is 30.5 Å². The molecule has 0 saturated carbocycles. The monoisotopic (exact) mass is 278 g/mol. The summed E-state index contributed by atoms with van der Waals surface area (Å²) in [5.41, 5.74) is 1.27. The van der Waals surface area contributed by atoms with Crippen molar-refractivity contribution in [1.82, 2.24) is 0 Å². The molecular weight excluding hydrogens is 252 g/mol. The molecule has 1 N–H and O–H groups in total. The van der Waals surface area contributed by atoms with E-state index in [-0.39, 0.29) is 0 Å². The summed E-state index contributed by atoms with van der Waals surface area (Å²) in [6, 6.07) is 7.53. The maximum atomic E-state index is 10.9. The topological polar surface area (TPSA) is 46.5 Å². The molecule has 3 nitrogen and oxygen atoms in total. The zero-order valence-corrected chi connectivity index (χ0v) is 12.4. The molecule has 112 valence electrons. The smallest absolute Gasteiger partial charge is 0.337 e. The van der Waals surface area contributed by atoms with Gasteiger partial charge in [0, 0.05) is 0 Å². The van der Waals surface area contributed by atoms with Crippen LogP contribution < -0.4 is 4.74 Å². The lowest BCUT2D eigenvalue weighted by atomic mass is 10.0. The second-order valence-corrected chi connectivity index (χ2v) is 5.15. The van der Waals surface area contributed by atoms with Gasteiger partial charge in [-0.25, -0.2) is 4.79 Å². The quantitative estimate of drug-likeness (QED) is 0.401. The van der Waals surface area contributed by atoms with E-state index in [1.54, 1.807) is 12.1 Å². The molecular formula is C17H26O3. The molecule has 3 heteroatoms. The van der Waals surface area contributed by atoms with E-state index < -0.39 is 12.6 Å². The van der Waals surface area contributed by atoms with Gasteiger partial charge in [0.1, 0.15) is 12.4 Å². The first-order valence-corrected chi connectivity index (χ1v) is 7.66. The first-order valence-electron chi connectivity index (χ1n) is 7.66. The molecule has 0 atom stereocenters. The molecule has 0 aromatic heterocycles. The van der Waals surface area contributed by atoms with E-state index in [9.17, 15) is 4.79 Å². The Hall–Kier alpha value is -1.35. The number of carbonyl (C=O) groups excluding carboxylic acids is 1. The van der Waals surface area contributed by atoms with E-state index >= 15 is 0 Å². The fourth-order valence-corrected chi connectivity index (χ4v) is 2.17. The zero-order chi connectivity index (χ0) is 14.6. The van der Waals surface area contributed by atoms with Crippen molar-refractivity contribution in [2.24, 2.45) is 0 Å². The van der Waals surface area contributed by atoms with Gasteiger partial charge in [0.25, 0.3) is 0 Å². The van der Waals surface area contributed by atoms with Gasteiger partial charge in [0.15, 0.2) is 0 Å². The van der Waals surface area contributed by atoms with Gasteiger partial charge >= 0.3 is 5.97 Å². The highest BCUT2D eigenvalue weighted by molar-refractivity contribution is 5.73. The molecule has 0 amide bonds. The Morgan fingerprint density at radius 1 is 1.00 bits per heavy atom. The predicted molar refractivity (Wildman–Crippen MR) is 80.9 cm³/mol. The Labute approximate surface area is 122 Å². The second-order valence-electron chi connectivity index (χ2n) is 5.15. The van der Waals surface area contributed by atoms with Crippen LogP contribution in [0, 0.1) is 0 Å². The number of benzene rings is 1. The van der Waals surface area contributed by atoms with Gasteiger partial charge < -0.3 is 9.84 Å². The molecule has 0 aliphatic carbocycles. The maximum Gasteiger partial charge on any atom is 0.337 e. The molecule has 0 bridgehead atoms. The summed E-state index contributed by atoms with van der Waals surface area (Å²) in [7, 11) is 0. The van der Waals surface area contributed by atoms with Crippen LogP contribution in [0.3, 0.4) is 0 Å². The molecule has 0 heterocycles. The van der Waals surface area contributed by atoms with Crippen LogP contribution in [0.5, 0.6) is 5.75 Å². The van der Waals surface area contributed by atoms with Crippen molar-refractivity contribution < 1.29 is 14.6 Å². The molecule has 0 aliphatic rings. The van der Waals surface area contributed by atoms with Crippen molar-refractivity contribution in [2.75, 3.05) is 6.61 Å². The molecule has 0 aliphatic heterocycles. The number of hydrogen-bond acceptors (Lipinski definition) is 3. The summed E-state index contributed by atoms with van der Waals surface area (Å²) in [6.45, 7) is 1.65. The van der Waals surface area contributed by atoms with Gasteiger partial charge in [-0.1, -0.05) is 57.6 Å². The average molecular weight is 278 g/mol. The van der Waals surface area contributed by atoms with Crippen molar-refractivity contribution in [3.63, 3.8) is 0 Å². The summed E-state index contributed by atoms with van der Waals surface area (Å²) < 4.78 is 4.91. The molecule has 1 aromatic rings. The van der Waals surface area contributed by atoms with Crippen molar-refractivity contribution in [2.45, 2.75) is 58.3 Å². The van der Waals surface area contributed by atoms with Crippen molar-refractivity contribution in [3.8, 4) is 5.75 Å². The number of aliphatic hydroxyl groups excluding tert-OH is 1. The molecule has 0 fully saturated rings. The van der Waals surface area contributed by atoms with E-state index in [0.29, 0.717) is 5.75 Å². The van der Waals surface area contributed by atoms with Crippen LogP contribution in [0.4, 0.5) is 0 Å². The summed E-state index contributed by atoms with van der Waals surface area (Å²) in [6.07, 6.45) is 10.3. The Kier molecular flexibility index (Phi) is 8.72. The van der Waals surface area contributed by atoms with Crippen LogP contribution in [0.2, 0.25) is 0 Å². The highest BCUT2D eigenvalue weighted by atomic mass is 16.5. The van der Waals surface area contributed by atoms with Crippen molar-refractivity contribution >= 4 is 5.97 Å². The Morgan fingerprint density at radius 2 is 1.60 bits per heavy atom. The third-order valence-electron chi connectivity index (χ3n) is 3.35. The molecule has 0 radical (unpaired) electrons. The minimum Gasteiger partial charge on any atom is -0.425 e. The van der Waals surface area contributed by atoms with Crippen LogP contribution in [-0.4, -0.2) is 17.7 Å². The number of rotatable bonds is 10. The lowest BCUT2D eigenvalue weighted by Crippen LogP contribution is -2.11. The Balaban J connectivity index is 2.16. The predicted octanol–water partition coefficient (Wildman–Crippen LogP) is 3.88. The first-order chi connectivity index (χ1) is 9.76. The largest absolute Gasteiger partial charge is 0.425 e. The van der Waals surface area contributed by atoms with Gasteiger partial charge in [-0.3, -0.25) is 0 Å². The normalized spacial score (nSPS) is 10.5. The van der Waals surface area contributed by atoms with Crippen LogP contribution in [0.15, 0.2) is 24.3 Å². The summed E-state index contributed by atoms with van der Waals surface area (Å²) in [5, 5.41) is 8.60. The van der Waals surface area contributed by atoms with Gasteiger partial charge in [-0.15, -0.1) is 0 Å². The average Bonchev–Trinajstić information content (AvgIpc) is 2.48. The lowest BCUT2D eigenvalue weighted by molar-refractivity contribution is -0.137. The van der Waals surface area contributed by atoms with Crippen LogP contribution >= 0.6 is 0 Å². The van der Waals surface area contributed by atoms with Gasteiger partial charge in [0.05, 0.1) is 0 Å². The van der Waals surface area contributed by atoms with Gasteiger partial charge in [-0.2, -0.15) is 0 Å². The second kappa shape index (κ2) is 10.4. The molecule has 1 rings (SSSR count). The standard InChI is InChI=1S/C17H26O3/c1-2-3-4-5-6-7-8-9-15-10-12-16(13-11-15)20-17(19)14-18/h10-13,18H,2-9,14H2,1H3. The van der Waals surface area contributed by atoms with Crippen LogP contribution in [-0.2, 0) is 11.2 Å². The van der Waals surface area contributed by atoms with E-state index in [4.69, 9.17) is 9.84 Å². The van der Waals surface area contributed by atoms with E-state index in [0.717, 1.165) is 6.42 Å². The minimum atomic E-state index is -0.621. The highest BCUT2D eigenvalue weighted by Gasteiger charge is 2.02. The molecule has 0 unspecified atom stereocenters. The molecule has 20 heavy (non-hydrogen) atoms. The van der Waals surface area contributed by atoms with Crippen molar-refractivity contribution in [1.29, 1.82) is 0 Å². The number of unbranched alkanes of at least 4 members (excludes halogenated alkanes) is 6. The third kappa shape index (κ3) is 7.29. The number of aliphatic hydroxyl groups is 1. The van der Waals surface area contributed by atoms with Gasteiger partial charge in [0.2, 0.25) is 0 Å². The van der Waals surface area contributed by atoms with Crippen LogP contribution in [0.25, 0.3) is 0 Å². The Morgan fingerprint density at radius 3 is 2.20 bits per heavy atom. The molecule has 0 spiro atoms. The minimum absolute atomic E-state index is 0.493. The number of esters is 1. The number of hydrogen-bond donors (Lipinski definition) is 1. The first kappa shape index (κ1) is 16.7. The molecule has 0 saturated heterocycles. The Bertz CT molecular complexity index is 370.